The van der Waals surface area contributed by atoms with E-state index in [1.54, 1.807) is 0 Å². The molecular weight excluding hydrogens is 280 g/mol. The Morgan fingerprint density at radius 3 is 2.59 bits per heavy atom. The van der Waals surface area contributed by atoms with Gasteiger partial charge >= 0.3 is 0 Å². The lowest BCUT2D eigenvalue weighted by molar-refractivity contribution is -0.0190. The maximum Gasteiger partial charge on any atom is 0.125 e. The van der Waals surface area contributed by atoms with E-state index >= 15 is 0 Å². The fourth-order valence-corrected chi connectivity index (χ4v) is 3.66. The summed E-state index contributed by atoms with van der Waals surface area (Å²) in [6.45, 7) is 9.26. The van der Waals surface area contributed by atoms with E-state index in [2.05, 4.69) is 22.8 Å². The summed E-state index contributed by atoms with van der Waals surface area (Å²) < 4.78 is 5.94. The molecule has 0 radical (unpaired) electrons. The molecule has 122 valence electrons. The number of β-amino-alcohol motifs (C(OH)–C–C–N with tert-alkyl or cyclic N) is 1. The molecule has 1 fully saturated rings. The molecule has 22 heavy (non-hydrogen) atoms. The van der Waals surface area contributed by atoms with Crippen LogP contribution in [0.25, 0.3) is 0 Å². The van der Waals surface area contributed by atoms with Crippen LogP contribution in [-0.4, -0.2) is 72.0 Å². The van der Waals surface area contributed by atoms with Gasteiger partial charge in [-0.15, -0.1) is 0 Å². The van der Waals surface area contributed by atoms with Crippen LogP contribution in [0.4, 0.5) is 0 Å². The highest BCUT2D eigenvalue weighted by molar-refractivity contribution is 5.46. The third kappa shape index (κ3) is 2.99. The molecule has 2 heterocycles. The third-order valence-corrected chi connectivity index (χ3v) is 4.86. The van der Waals surface area contributed by atoms with E-state index in [-0.39, 0.29) is 12.6 Å². The Hall–Kier alpha value is -1.14. The molecule has 3 rings (SSSR count). The van der Waals surface area contributed by atoms with Gasteiger partial charge in [0, 0.05) is 38.3 Å². The number of benzene rings is 1. The molecule has 2 aliphatic rings. The molecule has 2 aliphatic heterocycles. The van der Waals surface area contributed by atoms with Crippen molar-refractivity contribution in [2.75, 3.05) is 45.9 Å². The number of rotatable bonds is 3. The van der Waals surface area contributed by atoms with Crippen LogP contribution in [0.2, 0.25) is 0 Å². The zero-order valence-electron chi connectivity index (χ0n) is 13.5. The summed E-state index contributed by atoms with van der Waals surface area (Å²) in [6, 6.07) is 4.14. The number of ether oxygens (including phenoxy) is 1. The van der Waals surface area contributed by atoms with Crippen molar-refractivity contribution in [3.63, 3.8) is 0 Å². The van der Waals surface area contributed by atoms with Gasteiger partial charge in [0.25, 0.3) is 0 Å². The molecular formula is C17H26N2O3. The van der Waals surface area contributed by atoms with Gasteiger partial charge in [0.15, 0.2) is 0 Å². The van der Waals surface area contributed by atoms with E-state index in [1.165, 1.54) is 5.56 Å². The molecule has 2 unspecified atom stereocenters. The molecule has 0 aliphatic carbocycles. The van der Waals surface area contributed by atoms with Gasteiger partial charge in [-0.2, -0.15) is 0 Å². The largest absolute Gasteiger partial charge is 0.491 e. The SMILES string of the molecule is Cc1cc(C)c2c(c1)OCC(N1CCN(CCO)CC1)C2O. The maximum atomic E-state index is 10.8. The first-order chi connectivity index (χ1) is 10.6. The average molecular weight is 306 g/mol. The zero-order valence-corrected chi connectivity index (χ0v) is 13.5. The molecule has 2 atom stereocenters. The Kier molecular flexibility index (Phi) is 4.68. The van der Waals surface area contributed by atoms with E-state index in [1.807, 2.05) is 13.0 Å². The number of nitrogens with zero attached hydrogens (tertiary/aromatic N) is 2. The van der Waals surface area contributed by atoms with Gasteiger partial charge in [-0.25, -0.2) is 0 Å². The van der Waals surface area contributed by atoms with Gasteiger partial charge in [0.1, 0.15) is 18.5 Å². The summed E-state index contributed by atoms with van der Waals surface area (Å²) >= 11 is 0. The Morgan fingerprint density at radius 2 is 1.91 bits per heavy atom. The number of aryl methyl sites for hydroxylation is 2. The molecule has 0 saturated carbocycles. The Labute approximate surface area is 132 Å². The normalized spacial score (nSPS) is 26.5. The van der Waals surface area contributed by atoms with Crippen molar-refractivity contribution in [3.05, 3.63) is 28.8 Å². The Morgan fingerprint density at radius 1 is 1.18 bits per heavy atom. The van der Waals surface area contributed by atoms with E-state index in [0.717, 1.165) is 49.6 Å². The summed E-state index contributed by atoms with van der Waals surface area (Å²) in [7, 11) is 0. The van der Waals surface area contributed by atoms with E-state index < -0.39 is 6.10 Å². The number of piperazine rings is 1. The molecule has 1 aromatic rings. The standard InChI is InChI=1S/C17H26N2O3/c1-12-9-13(2)16-15(10-12)22-11-14(17(16)21)19-5-3-18(4-6-19)7-8-20/h9-10,14,17,20-21H,3-8,11H2,1-2H3. The van der Waals surface area contributed by atoms with Crippen molar-refractivity contribution in [2.45, 2.75) is 26.0 Å². The second-order valence-corrected chi connectivity index (χ2v) is 6.42. The van der Waals surface area contributed by atoms with E-state index in [4.69, 9.17) is 9.84 Å². The minimum atomic E-state index is -0.492. The summed E-state index contributed by atoms with van der Waals surface area (Å²) in [5.41, 5.74) is 3.21. The molecule has 0 spiro atoms. The fraction of sp³-hybridized carbons (Fsp3) is 0.647. The number of hydrogen-bond acceptors (Lipinski definition) is 5. The summed E-state index contributed by atoms with van der Waals surface area (Å²) in [4.78, 5) is 4.58. The number of fused-ring (bicyclic) bond motifs is 1. The second-order valence-electron chi connectivity index (χ2n) is 6.42. The number of aliphatic hydroxyl groups is 2. The predicted molar refractivity (Wildman–Crippen MR) is 85.3 cm³/mol. The first kappa shape index (κ1) is 15.7. The summed E-state index contributed by atoms with van der Waals surface area (Å²) in [6.07, 6.45) is -0.492. The van der Waals surface area contributed by atoms with Crippen LogP contribution in [0.5, 0.6) is 5.75 Å². The lowest BCUT2D eigenvalue weighted by atomic mass is 9.92. The maximum absolute atomic E-state index is 10.8. The van der Waals surface area contributed by atoms with Crippen LogP contribution in [-0.2, 0) is 0 Å². The highest BCUT2D eigenvalue weighted by Crippen LogP contribution is 2.37. The van der Waals surface area contributed by atoms with Gasteiger partial charge in [-0.3, -0.25) is 9.80 Å². The monoisotopic (exact) mass is 306 g/mol. The van der Waals surface area contributed by atoms with Crippen molar-refractivity contribution in [1.82, 2.24) is 9.80 Å². The van der Waals surface area contributed by atoms with Crippen molar-refractivity contribution in [3.8, 4) is 5.75 Å². The van der Waals surface area contributed by atoms with Gasteiger partial charge in [0.05, 0.1) is 12.6 Å². The van der Waals surface area contributed by atoms with Crippen LogP contribution in [0.1, 0.15) is 22.8 Å². The van der Waals surface area contributed by atoms with Gasteiger partial charge in [-0.1, -0.05) is 6.07 Å². The van der Waals surface area contributed by atoms with Crippen LogP contribution >= 0.6 is 0 Å². The van der Waals surface area contributed by atoms with Crippen molar-refractivity contribution in [1.29, 1.82) is 0 Å². The first-order valence-corrected chi connectivity index (χ1v) is 8.09. The molecule has 1 saturated heterocycles. The van der Waals surface area contributed by atoms with Crippen LogP contribution in [0.3, 0.4) is 0 Å². The molecule has 1 aromatic carbocycles. The lowest BCUT2D eigenvalue weighted by Gasteiger charge is -2.43. The highest BCUT2D eigenvalue weighted by atomic mass is 16.5. The third-order valence-electron chi connectivity index (χ3n) is 4.86. The zero-order chi connectivity index (χ0) is 15.7. The van der Waals surface area contributed by atoms with Crippen LogP contribution in [0.15, 0.2) is 12.1 Å². The van der Waals surface area contributed by atoms with E-state index in [9.17, 15) is 5.11 Å². The van der Waals surface area contributed by atoms with Gasteiger partial charge in [-0.05, 0) is 31.0 Å². The predicted octanol–water partition coefficient (Wildman–Crippen LogP) is 0.708. The second kappa shape index (κ2) is 6.54. The average Bonchev–Trinajstić information content (AvgIpc) is 2.48. The van der Waals surface area contributed by atoms with Gasteiger partial charge in [0.2, 0.25) is 0 Å². The van der Waals surface area contributed by atoms with E-state index in [0.29, 0.717) is 6.61 Å². The lowest BCUT2D eigenvalue weighted by Crippen LogP contribution is -2.55. The van der Waals surface area contributed by atoms with Crippen molar-refractivity contribution < 1.29 is 14.9 Å². The molecule has 0 aromatic heterocycles. The van der Waals surface area contributed by atoms with Crippen molar-refractivity contribution >= 4 is 0 Å². The molecule has 0 amide bonds. The Bertz CT molecular complexity index is 527. The van der Waals surface area contributed by atoms with Crippen LogP contribution < -0.4 is 4.74 Å². The quantitative estimate of drug-likeness (QED) is 0.861. The summed E-state index contributed by atoms with van der Waals surface area (Å²) in [5.74, 6) is 0.833. The smallest absolute Gasteiger partial charge is 0.125 e. The molecule has 5 nitrogen and oxygen atoms in total. The minimum Gasteiger partial charge on any atom is -0.491 e. The van der Waals surface area contributed by atoms with Gasteiger partial charge < -0.3 is 14.9 Å². The molecule has 2 N–H and O–H groups in total. The van der Waals surface area contributed by atoms with Crippen molar-refractivity contribution in [2.24, 2.45) is 0 Å². The first-order valence-electron chi connectivity index (χ1n) is 8.09. The Balaban J connectivity index is 1.72. The van der Waals surface area contributed by atoms with Crippen LogP contribution in [0, 0.1) is 13.8 Å². The highest BCUT2D eigenvalue weighted by Gasteiger charge is 2.36. The molecule has 0 bridgehead atoms. The minimum absolute atomic E-state index is 0.0187. The molecule has 5 heteroatoms. The fourth-order valence-electron chi connectivity index (χ4n) is 3.66. The summed E-state index contributed by atoms with van der Waals surface area (Å²) in [5, 5.41) is 19.9. The number of hydrogen-bond donors (Lipinski definition) is 2. The topological polar surface area (TPSA) is 56.2 Å². The number of aliphatic hydroxyl groups excluding tert-OH is 2.